The molecule has 0 N–H and O–H groups in total. The van der Waals surface area contributed by atoms with Crippen LogP contribution >= 0.6 is 0 Å². The minimum Gasteiger partial charge on any atom is -0.335 e. The zero-order valence-corrected chi connectivity index (χ0v) is 14.9. The number of hydrogen-bond donors (Lipinski definition) is 0. The zero-order valence-electron chi connectivity index (χ0n) is 14.9. The van der Waals surface area contributed by atoms with E-state index in [1.54, 1.807) is 0 Å². The number of hydrogen-bond acceptors (Lipinski definition) is 2. The quantitative estimate of drug-likeness (QED) is 0.858. The standard InChI is InChI=1S/C10H18N2.C7H12N2/c1-5-6-7-12-9(3)8(2)11-10(12)4;1-5-6(2)9(4)7(3)8-5/h5-7H2,1-4H3;1-4H3. The van der Waals surface area contributed by atoms with Gasteiger partial charge in [0.25, 0.3) is 0 Å². The maximum absolute atomic E-state index is 4.43. The van der Waals surface area contributed by atoms with Crippen LogP contribution in [0.5, 0.6) is 0 Å². The Morgan fingerprint density at radius 3 is 1.62 bits per heavy atom. The van der Waals surface area contributed by atoms with Gasteiger partial charge in [-0.1, -0.05) is 13.3 Å². The van der Waals surface area contributed by atoms with E-state index in [9.17, 15) is 0 Å². The lowest BCUT2D eigenvalue weighted by Gasteiger charge is -2.05. The fourth-order valence-electron chi connectivity index (χ4n) is 2.35. The lowest BCUT2D eigenvalue weighted by molar-refractivity contribution is 0.604. The molecule has 118 valence electrons. The summed E-state index contributed by atoms with van der Waals surface area (Å²) in [6, 6.07) is 0. The molecule has 0 bridgehead atoms. The summed E-state index contributed by atoms with van der Waals surface area (Å²) in [5, 5.41) is 0. The molecule has 0 radical (unpaired) electrons. The number of imidazole rings is 2. The van der Waals surface area contributed by atoms with Crippen molar-refractivity contribution in [3.05, 3.63) is 34.4 Å². The van der Waals surface area contributed by atoms with Crippen molar-refractivity contribution in [1.29, 1.82) is 0 Å². The van der Waals surface area contributed by atoms with E-state index >= 15 is 0 Å². The number of aryl methyl sites for hydroxylation is 4. The van der Waals surface area contributed by atoms with Crippen molar-refractivity contribution in [2.24, 2.45) is 7.05 Å². The van der Waals surface area contributed by atoms with Crippen LogP contribution in [-0.4, -0.2) is 19.1 Å². The van der Waals surface area contributed by atoms with Crippen LogP contribution < -0.4 is 0 Å². The average Bonchev–Trinajstić information content (AvgIpc) is 2.80. The van der Waals surface area contributed by atoms with Gasteiger partial charge >= 0.3 is 0 Å². The van der Waals surface area contributed by atoms with Gasteiger partial charge in [-0.25, -0.2) is 9.97 Å². The molecule has 2 aromatic rings. The van der Waals surface area contributed by atoms with Gasteiger partial charge in [0.1, 0.15) is 11.6 Å². The predicted molar refractivity (Wildman–Crippen MR) is 88.8 cm³/mol. The second-order valence-electron chi connectivity index (χ2n) is 5.72. The first-order chi connectivity index (χ1) is 9.79. The lowest BCUT2D eigenvalue weighted by Crippen LogP contribution is -2.02. The first-order valence-electron chi connectivity index (χ1n) is 7.76. The molecule has 0 spiro atoms. The Kier molecular flexibility index (Phi) is 6.19. The van der Waals surface area contributed by atoms with Crippen LogP contribution in [0.1, 0.15) is 54.2 Å². The minimum atomic E-state index is 1.09. The molecule has 0 aliphatic heterocycles. The second kappa shape index (κ2) is 7.43. The Labute approximate surface area is 129 Å². The van der Waals surface area contributed by atoms with Crippen LogP contribution in [0.25, 0.3) is 0 Å². The molecule has 2 rings (SSSR count). The summed E-state index contributed by atoms with van der Waals surface area (Å²) in [5.41, 5.74) is 4.88. The van der Waals surface area contributed by atoms with E-state index in [4.69, 9.17) is 0 Å². The third kappa shape index (κ3) is 4.19. The van der Waals surface area contributed by atoms with Crippen LogP contribution in [0.4, 0.5) is 0 Å². The van der Waals surface area contributed by atoms with E-state index < -0.39 is 0 Å². The van der Waals surface area contributed by atoms with Gasteiger partial charge in [0.15, 0.2) is 0 Å². The maximum Gasteiger partial charge on any atom is 0.106 e. The molecule has 2 aromatic heterocycles. The molecule has 0 fully saturated rings. The number of unbranched alkanes of at least 4 members (excludes halogenated alkanes) is 1. The molecule has 0 atom stereocenters. The Morgan fingerprint density at radius 2 is 1.33 bits per heavy atom. The van der Waals surface area contributed by atoms with Crippen LogP contribution in [0.15, 0.2) is 0 Å². The molecule has 4 nitrogen and oxygen atoms in total. The van der Waals surface area contributed by atoms with E-state index in [2.05, 4.69) is 53.7 Å². The van der Waals surface area contributed by atoms with Crippen molar-refractivity contribution in [3.63, 3.8) is 0 Å². The first kappa shape index (κ1) is 17.5. The van der Waals surface area contributed by atoms with E-state index in [1.807, 2.05) is 20.9 Å². The van der Waals surface area contributed by atoms with Crippen molar-refractivity contribution in [3.8, 4) is 0 Å². The summed E-state index contributed by atoms with van der Waals surface area (Å²) in [5.74, 6) is 2.24. The summed E-state index contributed by atoms with van der Waals surface area (Å²) in [6.07, 6.45) is 2.49. The monoisotopic (exact) mass is 290 g/mol. The summed E-state index contributed by atoms with van der Waals surface area (Å²) in [6.45, 7) is 15.8. The average molecular weight is 290 g/mol. The van der Waals surface area contributed by atoms with Gasteiger partial charge in [0.05, 0.1) is 11.4 Å². The maximum atomic E-state index is 4.43. The highest BCUT2D eigenvalue weighted by Gasteiger charge is 2.05. The van der Waals surface area contributed by atoms with Crippen LogP contribution in [0, 0.1) is 41.5 Å². The lowest BCUT2D eigenvalue weighted by atomic mass is 10.3. The SMILES string of the molecule is CCCCn1c(C)nc(C)c1C.Cc1nc(C)n(C)c1C. The minimum absolute atomic E-state index is 1.09. The topological polar surface area (TPSA) is 35.6 Å². The van der Waals surface area contributed by atoms with Crippen molar-refractivity contribution in [2.45, 2.75) is 67.9 Å². The van der Waals surface area contributed by atoms with Crippen molar-refractivity contribution in [2.75, 3.05) is 0 Å². The summed E-state index contributed by atoms with van der Waals surface area (Å²) in [7, 11) is 2.03. The fraction of sp³-hybridized carbons (Fsp3) is 0.647. The smallest absolute Gasteiger partial charge is 0.106 e. The van der Waals surface area contributed by atoms with Crippen molar-refractivity contribution in [1.82, 2.24) is 19.1 Å². The molecular weight excluding hydrogens is 260 g/mol. The Hall–Kier alpha value is -1.58. The van der Waals surface area contributed by atoms with E-state index in [0.717, 1.165) is 23.9 Å². The number of aromatic nitrogens is 4. The van der Waals surface area contributed by atoms with Gasteiger partial charge in [0, 0.05) is 25.0 Å². The second-order valence-corrected chi connectivity index (χ2v) is 5.72. The zero-order chi connectivity index (χ0) is 16.2. The molecule has 0 aliphatic carbocycles. The Balaban J connectivity index is 0.000000219. The van der Waals surface area contributed by atoms with Crippen LogP contribution in [0.3, 0.4) is 0 Å². The molecule has 4 heteroatoms. The highest BCUT2D eigenvalue weighted by Crippen LogP contribution is 2.10. The summed E-state index contributed by atoms with van der Waals surface area (Å²) in [4.78, 5) is 8.70. The normalized spacial score (nSPS) is 10.5. The molecule has 0 aromatic carbocycles. The molecule has 2 heterocycles. The molecule has 0 saturated heterocycles. The highest BCUT2D eigenvalue weighted by atomic mass is 15.1. The third-order valence-corrected chi connectivity index (χ3v) is 4.23. The van der Waals surface area contributed by atoms with Gasteiger partial charge in [0.2, 0.25) is 0 Å². The van der Waals surface area contributed by atoms with Gasteiger partial charge < -0.3 is 9.13 Å². The Morgan fingerprint density at radius 1 is 0.810 bits per heavy atom. The number of rotatable bonds is 3. The van der Waals surface area contributed by atoms with E-state index in [1.165, 1.54) is 29.9 Å². The van der Waals surface area contributed by atoms with E-state index in [-0.39, 0.29) is 0 Å². The van der Waals surface area contributed by atoms with Crippen LogP contribution in [-0.2, 0) is 13.6 Å². The highest BCUT2D eigenvalue weighted by molar-refractivity contribution is 5.13. The molecule has 0 aliphatic rings. The predicted octanol–water partition coefficient (Wildman–Crippen LogP) is 3.95. The summed E-state index contributed by atoms with van der Waals surface area (Å²) < 4.78 is 4.40. The van der Waals surface area contributed by atoms with Crippen molar-refractivity contribution >= 4 is 0 Å². The van der Waals surface area contributed by atoms with Gasteiger partial charge in [-0.2, -0.15) is 0 Å². The van der Waals surface area contributed by atoms with Crippen LogP contribution in [0.2, 0.25) is 0 Å². The third-order valence-electron chi connectivity index (χ3n) is 4.23. The molecule has 0 unspecified atom stereocenters. The number of nitrogens with zero attached hydrogens (tertiary/aromatic N) is 4. The van der Waals surface area contributed by atoms with E-state index in [0.29, 0.717) is 0 Å². The van der Waals surface area contributed by atoms with Gasteiger partial charge in [-0.15, -0.1) is 0 Å². The Bertz CT molecular complexity index is 568. The summed E-state index contributed by atoms with van der Waals surface area (Å²) >= 11 is 0. The fourth-order valence-corrected chi connectivity index (χ4v) is 2.35. The van der Waals surface area contributed by atoms with Gasteiger partial charge in [-0.05, 0) is 48.0 Å². The van der Waals surface area contributed by atoms with Gasteiger partial charge in [-0.3, -0.25) is 0 Å². The van der Waals surface area contributed by atoms with Crippen molar-refractivity contribution < 1.29 is 0 Å². The molecule has 0 saturated carbocycles. The largest absolute Gasteiger partial charge is 0.335 e. The molecule has 21 heavy (non-hydrogen) atoms. The first-order valence-corrected chi connectivity index (χ1v) is 7.76. The molecular formula is C17H30N4. The molecule has 0 amide bonds.